The third kappa shape index (κ3) is 7.40. The molecule has 2 rings (SSSR count). The molecule has 2 unspecified atom stereocenters. The van der Waals surface area contributed by atoms with Crippen molar-refractivity contribution in [3.05, 3.63) is 21.9 Å². The van der Waals surface area contributed by atoms with E-state index in [-0.39, 0.29) is 30.0 Å². The fourth-order valence-electron chi connectivity index (χ4n) is 2.88. The monoisotopic (exact) mass is 500 g/mol. The molecule has 9 heteroatoms. The number of hydrogen-bond donors (Lipinski definition) is 2. The molecule has 1 aromatic rings. The number of sulfonamides is 1. The van der Waals surface area contributed by atoms with Crippen molar-refractivity contribution in [3.8, 4) is 0 Å². The van der Waals surface area contributed by atoms with Gasteiger partial charge in [0, 0.05) is 48.9 Å². The van der Waals surface area contributed by atoms with Gasteiger partial charge in [-0.25, -0.2) is 12.7 Å². The molecule has 6 nitrogen and oxygen atoms in total. The Kier molecular flexibility index (Phi) is 9.13. The van der Waals surface area contributed by atoms with E-state index in [1.165, 1.54) is 16.0 Å². The Balaban J connectivity index is 0.00000312. The van der Waals surface area contributed by atoms with Crippen molar-refractivity contribution in [3.63, 3.8) is 0 Å². The van der Waals surface area contributed by atoms with Crippen LogP contribution in [0.25, 0.3) is 0 Å². The van der Waals surface area contributed by atoms with Crippen LogP contribution in [-0.4, -0.2) is 57.7 Å². The third-order valence-corrected chi connectivity index (χ3v) is 6.48. The fraction of sp³-hybridized carbons (Fsp3) is 0.688. The molecule has 144 valence electrons. The number of nitrogens with one attached hydrogen (secondary N) is 2. The van der Waals surface area contributed by atoms with Gasteiger partial charge >= 0.3 is 0 Å². The second-order valence-electron chi connectivity index (χ2n) is 6.49. The lowest BCUT2D eigenvalue weighted by molar-refractivity contribution is 0.458. The first-order valence-corrected chi connectivity index (χ1v) is 10.9. The van der Waals surface area contributed by atoms with E-state index in [9.17, 15) is 8.42 Å². The SMILES string of the molecule is CN=C(NCC1CCN(S(C)(=O)=O)C1)NC(C)Cc1ccc(C)s1.I. The Labute approximate surface area is 172 Å². The van der Waals surface area contributed by atoms with E-state index < -0.39 is 10.0 Å². The fourth-order valence-corrected chi connectivity index (χ4v) is 4.82. The summed E-state index contributed by atoms with van der Waals surface area (Å²) in [4.78, 5) is 6.96. The van der Waals surface area contributed by atoms with Crippen molar-refractivity contribution >= 4 is 51.3 Å². The lowest BCUT2D eigenvalue weighted by Crippen LogP contribution is -2.44. The van der Waals surface area contributed by atoms with E-state index in [0.717, 1.165) is 25.3 Å². The van der Waals surface area contributed by atoms with Crippen molar-refractivity contribution < 1.29 is 8.42 Å². The summed E-state index contributed by atoms with van der Waals surface area (Å²) in [5, 5.41) is 6.73. The van der Waals surface area contributed by atoms with E-state index in [0.29, 0.717) is 19.0 Å². The quantitative estimate of drug-likeness (QED) is 0.356. The van der Waals surface area contributed by atoms with Gasteiger partial charge in [0.05, 0.1) is 6.26 Å². The van der Waals surface area contributed by atoms with Crippen LogP contribution in [0.2, 0.25) is 0 Å². The summed E-state index contributed by atoms with van der Waals surface area (Å²) in [5.74, 6) is 1.10. The summed E-state index contributed by atoms with van der Waals surface area (Å²) in [6.45, 7) is 6.20. The molecule has 2 heterocycles. The average Bonchev–Trinajstić information content (AvgIpc) is 3.12. The molecular weight excluding hydrogens is 471 g/mol. The predicted octanol–water partition coefficient (Wildman–Crippen LogP) is 2.05. The highest BCUT2D eigenvalue weighted by atomic mass is 127. The summed E-state index contributed by atoms with van der Waals surface area (Å²) in [7, 11) is -1.31. The summed E-state index contributed by atoms with van der Waals surface area (Å²) in [6.07, 6.45) is 3.13. The Hall–Kier alpha value is -0.390. The molecule has 1 saturated heterocycles. The maximum absolute atomic E-state index is 11.6. The first-order valence-electron chi connectivity index (χ1n) is 8.25. The minimum absolute atomic E-state index is 0. The van der Waals surface area contributed by atoms with Crippen molar-refractivity contribution in [2.24, 2.45) is 10.9 Å². The Morgan fingerprint density at radius 3 is 2.72 bits per heavy atom. The number of rotatable bonds is 6. The number of aliphatic imine (C=N–C) groups is 1. The number of halogens is 1. The van der Waals surface area contributed by atoms with Crippen molar-refractivity contribution in [2.75, 3.05) is 32.9 Å². The van der Waals surface area contributed by atoms with Gasteiger partial charge in [-0.05, 0) is 38.3 Å². The molecule has 1 fully saturated rings. The Morgan fingerprint density at radius 2 is 2.20 bits per heavy atom. The van der Waals surface area contributed by atoms with Crippen LogP contribution in [0, 0.1) is 12.8 Å². The number of aryl methyl sites for hydroxylation is 1. The van der Waals surface area contributed by atoms with Gasteiger partial charge < -0.3 is 10.6 Å². The van der Waals surface area contributed by atoms with Gasteiger partial charge in [0.15, 0.2) is 5.96 Å². The van der Waals surface area contributed by atoms with Crippen LogP contribution in [0.5, 0.6) is 0 Å². The average molecular weight is 500 g/mol. The van der Waals surface area contributed by atoms with Crippen LogP contribution in [-0.2, 0) is 16.4 Å². The maximum atomic E-state index is 11.6. The third-order valence-electron chi connectivity index (χ3n) is 4.19. The molecule has 0 aliphatic carbocycles. The number of nitrogens with zero attached hydrogens (tertiary/aromatic N) is 2. The molecular formula is C16H29IN4O2S2. The molecule has 0 amide bonds. The molecule has 0 saturated carbocycles. The smallest absolute Gasteiger partial charge is 0.211 e. The highest BCUT2D eigenvalue weighted by Gasteiger charge is 2.28. The van der Waals surface area contributed by atoms with Crippen LogP contribution in [0.3, 0.4) is 0 Å². The Bertz CT molecular complexity index is 675. The molecule has 1 aliphatic rings. The highest BCUT2D eigenvalue weighted by Crippen LogP contribution is 2.18. The first kappa shape index (κ1) is 22.7. The lowest BCUT2D eigenvalue weighted by atomic mass is 10.1. The van der Waals surface area contributed by atoms with E-state index in [1.54, 1.807) is 11.4 Å². The molecule has 0 aromatic carbocycles. The van der Waals surface area contributed by atoms with Gasteiger partial charge in [-0.2, -0.15) is 0 Å². The van der Waals surface area contributed by atoms with E-state index >= 15 is 0 Å². The van der Waals surface area contributed by atoms with E-state index in [4.69, 9.17) is 0 Å². The van der Waals surface area contributed by atoms with Crippen LogP contribution in [0.1, 0.15) is 23.1 Å². The molecule has 2 N–H and O–H groups in total. The molecule has 0 bridgehead atoms. The molecule has 2 atom stereocenters. The highest BCUT2D eigenvalue weighted by molar-refractivity contribution is 14.0. The Morgan fingerprint density at radius 1 is 1.48 bits per heavy atom. The summed E-state index contributed by atoms with van der Waals surface area (Å²) < 4.78 is 24.7. The van der Waals surface area contributed by atoms with Gasteiger partial charge in [0.25, 0.3) is 0 Å². The van der Waals surface area contributed by atoms with Crippen LogP contribution in [0.4, 0.5) is 0 Å². The zero-order valence-corrected chi connectivity index (χ0v) is 19.2. The number of hydrogen-bond acceptors (Lipinski definition) is 4. The van der Waals surface area contributed by atoms with Crippen molar-refractivity contribution in [1.29, 1.82) is 0 Å². The maximum Gasteiger partial charge on any atom is 0.211 e. The minimum atomic E-state index is -3.07. The summed E-state index contributed by atoms with van der Waals surface area (Å²) in [6, 6.07) is 4.60. The predicted molar refractivity (Wildman–Crippen MR) is 117 cm³/mol. The second-order valence-corrected chi connectivity index (χ2v) is 9.85. The van der Waals surface area contributed by atoms with Crippen LogP contribution >= 0.6 is 35.3 Å². The first-order chi connectivity index (χ1) is 11.3. The summed E-state index contributed by atoms with van der Waals surface area (Å²) in [5.41, 5.74) is 0. The van der Waals surface area contributed by atoms with Gasteiger partial charge in [0.2, 0.25) is 10.0 Å². The van der Waals surface area contributed by atoms with Gasteiger partial charge in [0.1, 0.15) is 0 Å². The number of guanidine groups is 1. The second kappa shape index (κ2) is 10.1. The van der Waals surface area contributed by atoms with Gasteiger partial charge in [-0.15, -0.1) is 35.3 Å². The normalized spacial score (nSPS) is 20.2. The zero-order chi connectivity index (χ0) is 17.7. The van der Waals surface area contributed by atoms with E-state index in [1.807, 2.05) is 11.3 Å². The largest absolute Gasteiger partial charge is 0.356 e. The van der Waals surface area contributed by atoms with Gasteiger partial charge in [-0.3, -0.25) is 4.99 Å². The molecule has 1 aliphatic heterocycles. The van der Waals surface area contributed by atoms with Crippen molar-refractivity contribution in [1.82, 2.24) is 14.9 Å². The molecule has 0 radical (unpaired) electrons. The molecule has 1 aromatic heterocycles. The lowest BCUT2D eigenvalue weighted by Gasteiger charge is -2.19. The minimum Gasteiger partial charge on any atom is -0.356 e. The number of thiophene rings is 1. The van der Waals surface area contributed by atoms with Crippen LogP contribution in [0.15, 0.2) is 17.1 Å². The molecule has 0 spiro atoms. The van der Waals surface area contributed by atoms with Gasteiger partial charge in [-0.1, -0.05) is 0 Å². The van der Waals surface area contributed by atoms with Crippen LogP contribution < -0.4 is 10.6 Å². The summed E-state index contributed by atoms with van der Waals surface area (Å²) >= 11 is 1.82. The van der Waals surface area contributed by atoms with Crippen molar-refractivity contribution in [2.45, 2.75) is 32.7 Å². The molecule has 25 heavy (non-hydrogen) atoms. The standard InChI is InChI=1S/C16H28N4O2S2.HI/c1-12(9-15-6-5-13(2)23-15)19-16(17-3)18-10-14-7-8-20(11-14)24(4,21)22;/h5-6,12,14H,7-11H2,1-4H3,(H2,17,18,19);1H. The zero-order valence-electron chi connectivity index (χ0n) is 15.3. The van der Waals surface area contributed by atoms with E-state index in [2.05, 4.69) is 41.6 Å². The topological polar surface area (TPSA) is 73.8 Å².